The number of nitrogens with one attached hydrogen (secondary N) is 1. The van der Waals surface area contributed by atoms with Crippen LogP contribution in [0.15, 0.2) is 0 Å². The number of primary amides is 2. The molecule has 2 rings (SSSR count). The summed E-state index contributed by atoms with van der Waals surface area (Å²) in [4.78, 5) is 25.1. The van der Waals surface area contributed by atoms with Gasteiger partial charge in [-0.05, 0) is 7.05 Å². The minimum Gasteiger partial charge on any atom is -0.397 e. The van der Waals surface area contributed by atoms with Crippen molar-refractivity contribution in [3.8, 4) is 0 Å². The van der Waals surface area contributed by atoms with Crippen LogP contribution in [0, 0.1) is 0 Å². The van der Waals surface area contributed by atoms with Crippen LogP contribution in [0.2, 0.25) is 0 Å². The Morgan fingerprint density at radius 3 is 2.25 bits per heavy atom. The van der Waals surface area contributed by atoms with Crippen molar-refractivity contribution in [3.63, 3.8) is 0 Å². The number of rotatable bonds is 4. The number of carbonyl (C=O) groups excluding carboxylic acids is 2. The van der Waals surface area contributed by atoms with Gasteiger partial charge >= 0.3 is 0 Å². The number of hydrogen-bond donors (Lipinski definition) is 4. The van der Waals surface area contributed by atoms with E-state index in [0.29, 0.717) is 5.00 Å². The first-order valence-corrected chi connectivity index (χ1v) is 6.93. The molecule has 7 N–H and O–H groups in total. The van der Waals surface area contributed by atoms with E-state index >= 15 is 0 Å². The van der Waals surface area contributed by atoms with Gasteiger partial charge in [-0.25, -0.2) is 5.01 Å². The van der Waals surface area contributed by atoms with Crippen LogP contribution in [-0.4, -0.2) is 54.9 Å². The summed E-state index contributed by atoms with van der Waals surface area (Å²) in [6, 6.07) is 0. The Labute approximate surface area is 120 Å². The SMILES string of the molecule is CN1CCN(Nc2sc(C(N)=O)c(N)c2C(N)=O)CC1. The summed E-state index contributed by atoms with van der Waals surface area (Å²) in [5, 5.41) is 2.43. The molecular formula is C11H18N6O2S. The molecule has 0 aliphatic carbocycles. The van der Waals surface area contributed by atoms with Gasteiger partial charge in [-0.1, -0.05) is 0 Å². The molecule has 0 bridgehead atoms. The Morgan fingerprint density at radius 2 is 1.75 bits per heavy atom. The zero-order valence-corrected chi connectivity index (χ0v) is 12.0. The fourth-order valence-corrected chi connectivity index (χ4v) is 3.02. The highest BCUT2D eigenvalue weighted by atomic mass is 32.1. The summed E-state index contributed by atoms with van der Waals surface area (Å²) in [5.74, 6) is -1.34. The molecule has 0 spiro atoms. The number of nitrogen functional groups attached to an aromatic ring is 1. The summed E-state index contributed by atoms with van der Waals surface area (Å²) >= 11 is 1.05. The summed E-state index contributed by atoms with van der Waals surface area (Å²) in [5.41, 5.74) is 19.6. The van der Waals surface area contributed by atoms with Crippen LogP contribution in [0.25, 0.3) is 0 Å². The van der Waals surface area contributed by atoms with Gasteiger partial charge in [0.15, 0.2) is 0 Å². The predicted molar refractivity (Wildman–Crippen MR) is 78.5 cm³/mol. The Balaban J connectivity index is 2.24. The number of carbonyl (C=O) groups is 2. The summed E-state index contributed by atoms with van der Waals surface area (Å²) in [6.45, 7) is 3.39. The summed E-state index contributed by atoms with van der Waals surface area (Å²) in [7, 11) is 2.04. The number of thiophene rings is 1. The Kier molecular flexibility index (Phi) is 4.12. The maximum atomic E-state index is 11.5. The zero-order valence-electron chi connectivity index (χ0n) is 11.2. The quantitative estimate of drug-likeness (QED) is 0.570. The minimum atomic E-state index is -0.678. The highest BCUT2D eigenvalue weighted by Gasteiger charge is 2.24. The van der Waals surface area contributed by atoms with E-state index in [1.165, 1.54) is 0 Å². The molecule has 110 valence electrons. The molecule has 0 saturated carbocycles. The van der Waals surface area contributed by atoms with E-state index in [9.17, 15) is 9.59 Å². The molecule has 1 aliphatic rings. The molecule has 1 aromatic heterocycles. The minimum absolute atomic E-state index is 0.0478. The highest BCUT2D eigenvalue weighted by Crippen LogP contribution is 2.35. The Bertz CT molecular complexity index is 535. The molecule has 2 heterocycles. The topological polar surface area (TPSA) is 131 Å². The summed E-state index contributed by atoms with van der Waals surface area (Å²) < 4.78 is 0. The molecule has 1 saturated heterocycles. The predicted octanol–water partition coefficient (Wildman–Crippen LogP) is -0.898. The first kappa shape index (κ1) is 14.6. The van der Waals surface area contributed by atoms with E-state index in [4.69, 9.17) is 17.2 Å². The van der Waals surface area contributed by atoms with Gasteiger partial charge in [0.2, 0.25) is 0 Å². The van der Waals surface area contributed by atoms with Gasteiger partial charge in [-0.2, -0.15) is 0 Å². The number of likely N-dealkylation sites (N-methyl/N-ethyl adjacent to an activating group) is 1. The molecule has 0 atom stereocenters. The van der Waals surface area contributed by atoms with E-state index in [1.807, 2.05) is 12.1 Å². The highest BCUT2D eigenvalue weighted by molar-refractivity contribution is 7.19. The van der Waals surface area contributed by atoms with Crippen molar-refractivity contribution < 1.29 is 9.59 Å². The van der Waals surface area contributed by atoms with Crippen LogP contribution in [0.5, 0.6) is 0 Å². The molecule has 0 radical (unpaired) electrons. The molecule has 2 amide bonds. The van der Waals surface area contributed by atoms with E-state index in [-0.39, 0.29) is 16.1 Å². The third kappa shape index (κ3) is 2.84. The van der Waals surface area contributed by atoms with Crippen molar-refractivity contribution in [2.75, 3.05) is 44.4 Å². The van der Waals surface area contributed by atoms with Crippen LogP contribution in [0.4, 0.5) is 10.7 Å². The van der Waals surface area contributed by atoms with E-state index < -0.39 is 11.8 Å². The van der Waals surface area contributed by atoms with Crippen molar-refractivity contribution in [3.05, 3.63) is 10.4 Å². The lowest BCUT2D eigenvalue weighted by Crippen LogP contribution is -2.47. The lowest BCUT2D eigenvalue weighted by Gasteiger charge is -2.32. The maximum Gasteiger partial charge on any atom is 0.260 e. The van der Waals surface area contributed by atoms with Crippen LogP contribution >= 0.6 is 11.3 Å². The van der Waals surface area contributed by atoms with Gasteiger partial charge in [0, 0.05) is 26.2 Å². The van der Waals surface area contributed by atoms with Crippen molar-refractivity contribution in [1.82, 2.24) is 9.91 Å². The molecule has 0 aromatic carbocycles. The second-order valence-electron chi connectivity index (χ2n) is 4.68. The number of nitrogens with zero attached hydrogens (tertiary/aromatic N) is 2. The van der Waals surface area contributed by atoms with Crippen LogP contribution in [0.1, 0.15) is 20.0 Å². The monoisotopic (exact) mass is 298 g/mol. The third-order valence-corrected chi connectivity index (χ3v) is 4.30. The average molecular weight is 298 g/mol. The molecule has 9 heteroatoms. The molecular weight excluding hydrogens is 280 g/mol. The fraction of sp³-hybridized carbons (Fsp3) is 0.455. The number of nitrogens with two attached hydrogens (primary N) is 3. The van der Waals surface area contributed by atoms with Crippen LogP contribution in [-0.2, 0) is 0 Å². The smallest absolute Gasteiger partial charge is 0.260 e. The van der Waals surface area contributed by atoms with Crippen molar-refractivity contribution in [2.24, 2.45) is 11.5 Å². The maximum absolute atomic E-state index is 11.5. The summed E-state index contributed by atoms with van der Waals surface area (Å²) in [6.07, 6.45) is 0. The zero-order chi connectivity index (χ0) is 14.9. The van der Waals surface area contributed by atoms with Crippen molar-refractivity contribution in [2.45, 2.75) is 0 Å². The van der Waals surface area contributed by atoms with Gasteiger partial charge < -0.3 is 27.5 Å². The second-order valence-corrected chi connectivity index (χ2v) is 5.70. The van der Waals surface area contributed by atoms with Gasteiger partial charge in [-0.3, -0.25) is 9.59 Å². The number of anilines is 2. The first-order chi connectivity index (χ1) is 9.40. The molecule has 20 heavy (non-hydrogen) atoms. The van der Waals surface area contributed by atoms with E-state index in [0.717, 1.165) is 37.5 Å². The van der Waals surface area contributed by atoms with Gasteiger partial charge in [0.05, 0.1) is 11.3 Å². The van der Waals surface area contributed by atoms with Crippen molar-refractivity contribution >= 4 is 33.8 Å². The molecule has 8 nitrogen and oxygen atoms in total. The Hall–Kier alpha value is -1.84. The second kappa shape index (κ2) is 5.65. The first-order valence-electron chi connectivity index (χ1n) is 6.12. The number of hydrogen-bond acceptors (Lipinski definition) is 7. The fourth-order valence-electron chi connectivity index (χ4n) is 2.01. The van der Waals surface area contributed by atoms with Crippen LogP contribution < -0.4 is 22.6 Å². The van der Waals surface area contributed by atoms with E-state index in [2.05, 4.69) is 10.3 Å². The largest absolute Gasteiger partial charge is 0.397 e. The standard InChI is InChI=1S/C11H18N6O2S/c1-16-2-4-17(5-3-16)15-11-6(9(13)18)7(12)8(20-11)10(14)19/h15H,2-5,12H2,1H3,(H2,13,18)(H2,14,19). The molecule has 1 fully saturated rings. The van der Waals surface area contributed by atoms with Gasteiger partial charge in [0.1, 0.15) is 9.88 Å². The van der Waals surface area contributed by atoms with Gasteiger partial charge in [-0.15, -0.1) is 11.3 Å². The van der Waals surface area contributed by atoms with E-state index in [1.54, 1.807) is 0 Å². The average Bonchev–Trinajstić information content (AvgIpc) is 2.69. The lowest BCUT2D eigenvalue weighted by atomic mass is 10.2. The molecule has 1 aliphatic heterocycles. The lowest BCUT2D eigenvalue weighted by molar-refractivity contribution is 0.0999. The number of amides is 2. The van der Waals surface area contributed by atoms with Gasteiger partial charge in [0.25, 0.3) is 11.8 Å². The van der Waals surface area contributed by atoms with Crippen LogP contribution in [0.3, 0.4) is 0 Å². The molecule has 0 unspecified atom stereocenters. The normalized spacial score (nSPS) is 17.1. The Morgan fingerprint density at radius 1 is 1.15 bits per heavy atom. The number of hydrazine groups is 1. The molecule has 1 aromatic rings. The van der Waals surface area contributed by atoms with Crippen molar-refractivity contribution in [1.29, 1.82) is 0 Å². The number of piperazine rings is 1. The third-order valence-electron chi connectivity index (χ3n) is 3.18.